The molecule has 9 nitrogen and oxygen atoms in total. The molecular weight excluding hydrogens is 601 g/mol. The van der Waals surface area contributed by atoms with E-state index in [0.29, 0.717) is 30.5 Å². The van der Waals surface area contributed by atoms with Gasteiger partial charge in [0.15, 0.2) is 17.2 Å². The van der Waals surface area contributed by atoms with E-state index in [-0.39, 0.29) is 35.7 Å². The van der Waals surface area contributed by atoms with Crippen LogP contribution >= 0.6 is 0 Å². The van der Waals surface area contributed by atoms with Gasteiger partial charge in [-0.3, -0.25) is 14.4 Å². The third kappa shape index (κ3) is 6.44. The Labute approximate surface area is 252 Å². The number of carbonyl (C=O) groups is 4. The van der Waals surface area contributed by atoms with Crippen molar-refractivity contribution in [1.82, 2.24) is 25.2 Å². The molecule has 1 aliphatic carbocycles. The molecule has 234 valence electrons. The number of benzene rings is 2. The second-order valence-corrected chi connectivity index (χ2v) is 10.7. The number of alkyl halides is 3. The van der Waals surface area contributed by atoms with E-state index in [1.165, 1.54) is 6.92 Å². The molecule has 1 aliphatic rings. The Morgan fingerprint density at radius 2 is 1.76 bits per heavy atom. The summed E-state index contributed by atoms with van der Waals surface area (Å²) in [6.07, 6.45) is -2.81. The van der Waals surface area contributed by atoms with Crippen molar-refractivity contribution >= 4 is 29.0 Å². The number of Topliss-reactive ketones (excluding diaryl/α,β-unsaturated/α-hetero) is 2. The normalized spacial score (nSPS) is 14.3. The van der Waals surface area contributed by atoms with Crippen LogP contribution in [0.15, 0.2) is 42.6 Å². The molecule has 45 heavy (non-hydrogen) atoms. The topological polar surface area (TPSA) is 123 Å². The van der Waals surface area contributed by atoms with Crippen molar-refractivity contribution in [3.8, 4) is 0 Å². The van der Waals surface area contributed by atoms with Crippen LogP contribution in [0.4, 0.5) is 22.0 Å². The number of halogens is 5. The summed E-state index contributed by atoms with van der Waals surface area (Å²) in [5, 5.41) is 9.07. The van der Waals surface area contributed by atoms with Crippen LogP contribution in [0.1, 0.15) is 91.4 Å². The molecule has 0 bridgehead atoms. The summed E-state index contributed by atoms with van der Waals surface area (Å²) < 4.78 is 68.3. The zero-order valence-corrected chi connectivity index (χ0v) is 24.0. The van der Waals surface area contributed by atoms with Gasteiger partial charge in [0, 0.05) is 31.0 Å². The van der Waals surface area contributed by atoms with Crippen molar-refractivity contribution in [3.63, 3.8) is 0 Å². The Morgan fingerprint density at radius 3 is 2.47 bits per heavy atom. The third-order valence-corrected chi connectivity index (χ3v) is 7.69. The first kappa shape index (κ1) is 31.4. The summed E-state index contributed by atoms with van der Waals surface area (Å²) >= 11 is 0. The van der Waals surface area contributed by atoms with Crippen LogP contribution in [0.5, 0.6) is 0 Å². The predicted molar refractivity (Wildman–Crippen MR) is 149 cm³/mol. The van der Waals surface area contributed by atoms with Gasteiger partial charge in [-0.1, -0.05) is 18.2 Å². The second kappa shape index (κ2) is 12.2. The molecule has 14 heteroatoms. The summed E-state index contributed by atoms with van der Waals surface area (Å²) in [5.41, 5.74) is 0.365. The van der Waals surface area contributed by atoms with Crippen LogP contribution in [0.3, 0.4) is 0 Å². The van der Waals surface area contributed by atoms with Gasteiger partial charge in [0.2, 0.25) is 0 Å². The first-order valence-corrected chi connectivity index (χ1v) is 13.9. The number of aromatic nitrogens is 3. The average molecular weight is 628 g/mol. The number of ketones is 2. The second-order valence-electron chi connectivity index (χ2n) is 10.7. The zero-order chi connectivity index (χ0) is 32.6. The Balaban J connectivity index is 1.36. The largest absolute Gasteiger partial charge is 0.419 e. The van der Waals surface area contributed by atoms with E-state index in [9.17, 15) is 41.1 Å². The van der Waals surface area contributed by atoms with Crippen LogP contribution in [-0.4, -0.2) is 38.0 Å². The number of nitrogens with zero attached hydrogens (tertiary/aromatic N) is 3. The molecule has 2 aromatic heterocycles. The van der Waals surface area contributed by atoms with Crippen molar-refractivity contribution in [3.05, 3.63) is 99.0 Å². The van der Waals surface area contributed by atoms with E-state index in [4.69, 9.17) is 0 Å². The van der Waals surface area contributed by atoms with E-state index in [1.807, 2.05) is 6.92 Å². The van der Waals surface area contributed by atoms with Gasteiger partial charge in [0.05, 0.1) is 17.8 Å². The lowest BCUT2D eigenvalue weighted by molar-refractivity contribution is -0.140. The molecular formula is C31H26F5N5O4. The van der Waals surface area contributed by atoms with Crippen LogP contribution in [-0.2, 0) is 23.9 Å². The van der Waals surface area contributed by atoms with E-state index in [2.05, 4.69) is 20.7 Å². The van der Waals surface area contributed by atoms with E-state index in [1.54, 1.807) is 12.1 Å². The minimum absolute atomic E-state index is 0.0504. The molecule has 0 spiro atoms. The lowest BCUT2D eigenvalue weighted by Crippen LogP contribution is -2.31. The Hall–Kier alpha value is -5.01. The highest BCUT2D eigenvalue weighted by atomic mass is 19.4. The lowest BCUT2D eigenvalue weighted by Gasteiger charge is -2.17. The van der Waals surface area contributed by atoms with Crippen molar-refractivity contribution in [2.24, 2.45) is 0 Å². The van der Waals surface area contributed by atoms with Crippen LogP contribution in [0, 0.1) is 18.6 Å². The van der Waals surface area contributed by atoms with Gasteiger partial charge in [-0.25, -0.2) is 18.3 Å². The van der Waals surface area contributed by atoms with Crippen LogP contribution in [0.25, 0.3) is 5.65 Å². The molecule has 0 aliphatic heterocycles. The first-order valence-electron chi connectivity index (χ1n) is 13.9. The maximum atomic E-state index is 14.5. The lowest BCUT2D eigenvalue weighted by atomic mass is 9.94. The number of fused-ring (bicyclic) bond motifs is 2. The van der Waals surface area contributed by atoms with Gasteiger partial charge in [0.25, 0.3) is 11.8 Å². The molecule has 1 atom stereocenters. The molecule has 2 heterocycles. The standard InChI is InChI=1S/C31H26F5N5O4/c1-15(42)3-10-27(43)19-5-6-20-18(16(19)2)7-9-24(20)40-30(45)26-12-25(39-28-23(33)14-38-41(26)28)29(44)37-13-17-4-8-22(32)21(11-17)31(34,35)36/h4-6,8,11-12,14,24H,3,7,9-10,13H2,1-2H3,(H,37,44)(H,40,45)/t24-/m0/s1. The summed E-state index contributed by atoms with van der Waals surface area (Å²) in [4.78, 5) is 54.3. The van der Waals surface area contributed by atoms with Gasteiger partial charge in [-0.15, -0.1) is 0 Å². The average Bonchev–Trinajstić information content (AvgIpc) is 3.57. The smallest absolute Gasteiger partial charge is 0.347 e. The number of hydrogen-bond acceptors (Lipinski definition) is 6. The highest BCUT2D eigenvalue weighted by Crippen LogP contribution is 2.35. The molecule has 0 radical (unpaired) electrons. The maximum Gasteiger partial charge on any atom is 0.419 e. The van der Waals surface area contributed by atoms with Crippen LogP contribution < -0.4 is 10.6 Å². The molecule has 0 saturated heterocycles. The van der Waals surface area contributed by atoms with Gasteiger partial charge in [0.1, 0.15) is 23.0 Å². The van der Waals surface area contributed by atoms with Gasteiger partial charge >= 0.3 is 6.18 Å². The number of hydrogen-bond donors (Lipinski definition) is 2. The Kier molecular flexibility index (Phi) is 8.50. The Bertz CT molecular complexity index is 1870. The monoisotopic (exact) mass is 627 g/mol. The van der Waals surface area contributed by atoms with Gasteiger partial charge in [-0.2, -0.15) is 18.3 Å². The fourth-order valence-electron chi connectivity index (χ4n) is 5.38. The minimum Gasteiger partial charge on any atom is -0.347 e. The molecule has 0 unspecified atom stereocenters. The fourth-order valence-corrected chi connectivity index (χ4v) is 5.38. The molecule has 2 amide bonds. The van der Waals surface area contributed by atoms with Crippen molar-refractivity contribution in [2.75, 3.05) is 0 Å². The quantitative estimate of drug-likeness (QED) is 0.194. The van der Waals surface area contributed by atoms with Crippen molar-refractivity contribution in [1.29, 1.82) is 0 Å². The molecule has 0 saturated carbocycles. The Morgan fingerprint density at radius 1 is 1.00 bits per heavy atom. The first-order chi connectivity index (χ1) is 21.2. The van der Waals surface area contributed by atoms with Crippen molar-refractivity contribution < 1.29 is 41.1 Å². The van der Waals surface area contributed by atoms with Gasteiger partial charge < -0.3 is 15.4 Å². The summed E-state index contributed by atoms with van der Waals surface area (Å²) in [6, 6.07) is 6.28. The predicted octanol–water partition coefficient (Wildman–Crippen LogP) is 5.23. The summed E-state index contributed by atoms with van der Waals surface area (Å²) in [6.45, 7) is 2.79. The maximum absolute atomic E-state index is 14.5. The van der Waals surface area contributed by atoms with E-state index >= 15 is 0 Å². The SMILES string of the molecule is CC(=O)CCC(=O)c1ccc2c(c1C)CC[C@@H]2NC(=O)c1cc(C(=O)NCc2ccc(F)c(C(F)(F)F)c2)nc2c(F)cnn12. The number of rotatable bonds is 9. The van der Waals surface area contributed by atoms with Crippen molar-refractivity contribution in [2.45, 2.75) is 58.3 Å². The van der Waals surface area contributed by atoms with Crippen LogP contribution in [0.2, 0.25) is 0 Å². The molecule has 2 aromatic carbocycles. The summed E-state index contributed by atoms with van der Waals surface area (Å²) in [5.74, 6) is -4.24. The number of carbonyl (C=O) groups excluding carboxylic acids is 4. The molecule has 4 aromatic rings. The van der Waals surface area contributed by atoms with E-state index < -0.39 is 59.1 Å². The zero-order valence-electron chi connectivity index (χ0n) is 24.0. The molecule has 2 N–H and O–H groups in total. The number of amides is 2. The number of nitrogens with one attached hydrogen (secondary N) is 2. The highest BCUT2D eigenvalue weighted by molar-refractivity contribution is 6.00. The molecule has 0 fully saturated rings. The highest BCUT2D eigenvalue weighted by Gasteiger charge is 2.34. The minimum atomic E-state index is -4.94. The third-order valence-electron chi connectivity index (χ3n) is 7.69. The fraction of sp³-hybridized carbons (Fsp3) is 0.290. The van der Waals surface area contributed by atoms with E-state index in [0.717, 1.165) is 39.5 Å². The molecule has 5 rings (SSSR count). The summed E-state index contributed by atoms with van der Waals surface area (Å²) in [7, 11) is 0. The van der Waals surface area contributed by atoms with Gasteiger partial charge in [-0.05, 0) is 61.1 Å².